The summed E-state index contributed by atoms with van der Waals surface area (Å²) in [5.41, 5.74) is 0.549. The van der Waals surface area contributed by atoms with Crippen LogP contribution in [0.3, 0.4) is 0 Å². The van der Waals surface area contributed by atoms with Crippen LogP contribution < -0.4 is 0 Å². The van der Waals surface area contributed by atoms with Crippen molar-refractivity contribution >= 4 is 5.97 Å². The number of carboxylic acid groups (broad SMARTS) is 1. The number of benzene rings is 1. The molecule has 2 nitrogen and oxygen atoms in total. The van der Waals surface area contributed by atoms with Gasteiger partial charge in [-0.3, -0.25) is 4.79 Å². The van der Waals surface area contributed by atoms with Crippen molar-refractivity contribution in [1.29, 1.82) is 0 Å². The third-order valence-electron chi connectivity index (χ3n) is 7.06. The molecule has 4 fully saturated rings. The van der Waals surface area contributed by atoms with Crippen molar-refractivity contribution in [3.05, 3.63) is 35.9 Å². The zero-order valence-electron chi connectivity index (χ0n) is 13.8. The Hall–Kier alpha value is -1.45. The lowest BCUT2D eigenvalue weighted by Crippen LogP contribution is -2.60. The molecule has 1 aromatic carbocycles. The molecule has 130 valence electrons. The van der Waals surface area contributed by atoms with Crippen molar-refractivity contribution in [1.82, 2.24) is 0 Å². The fourth-order valence-electron chi connectivity index (χ4n) is 6.41. The molecule has 2 atom stereocenters. The summed E-state index contributed by atoms with van der Waals surface area (Å²) in [6, 6.07) is 10.3. The van der Waals surface area contributed by atoms with Gasteiger partial charge in [0.05, 0.1) is 5.41 Å². The van der Waals surface area contributed by atoms with Crippen LogP contribution in [0.15, 0.2) is 30.3 Å². The molecule has 0 amide bonds. The molecular formula is C20H24F2O2. The van der Waals surface area contributed by atoms with Crippen LogP contribution in [0.2, 0.25) is 0 Å². The van der Waals surface area contributed by atoms with Crippen LogP contribution in [-0.2, 0) is 10.2 Å². The van der Waals surface area contributed by atoms with Crippen molar-refractivity contribution in [2.24, 2.45) is 23.2 Å². The lowest BCUT2D eigenvalue weighted by molar-refractivity contribution is -0.175. The van der Waals surface area contributed by atoms with E-state index < -0.39 is 17.8 Å². The second kappa shape index (κ2) is 5.53. The van der Waals surface area contributed by atoms with Gasteiger partial charge in [0.2, 0.25) is 6.43 Å². The highest BCUT2D eigenvalue weighted by Gasteiger charge is 2.63. The molecule has 0 aliphatic heterocycles. The molecule has 0 saturated heterocycles. The Morgan fingerprint density at radius 2 is 1.75 bits per heavy atom. The standard InChI is InChI=1S/C20H24F2O2/c21-17(22)7-6-16-13-8-19(15-4-2-1-3-5-15)9-14(16)11-20(10-13,12-19)18(23)24/h1-5,13-14,16-17H,6-12H2,(H,23,24). The normalized spacial score (nSPS) is 40.2. The summed E-state index contributed by atoms with van der Waals surface area (Å²) >= 11 is 0. The Labute approximate surface area is 141 Å². The maximum Gasteiger partial charge on any atom is 0.309 e. The van der Waals surface area contributed by atoms with E-state index in [2.05, 4.69) is 12.1 Å². The first kappa shape index (κ1) is 16.0. The summed E-state index contributed by atoms with van der Waals surface area (Å²) in [6.07, 6.45) is 2.27. The molecule has 24 heavy (non-hydrogen) atoms. The molecular weight excluding hydrogens is 310 g/mol. The Bertz CT molecular complexity index is 612. The van der Waals surface area contributed by atoms with Gasteiger partial charge < -0.3 is 5.11 Å². The van der Waals surface area contributed by atoms with Gasteiger partial charge in [-0.1, -0.05) is 30.3 Å². The fraction of sp³-hybridized carbons (Fsp3) is 0.650. The monoisotopic (exact) mass is 334 g/mol. The maximum atomic E-state index is 12.7. The second-order valence-corrected chi connectivity index (χ2v) is 8.38. The Balaban J connectivity index is 1.68. The minimum atomic E-state index is -2.25. The minimum Gasteiger partial charge on any atom is -0.481 e. The van der Waals surface area contributed by atoms with E-state index in [1.165, 1.54) is 5.56 Å². The first-order valence-electron chi connectivity index (χ1n) is 9.01. The first-order chi connectivity index (χ1) is 11.4. The van der Waals surface area contributed by atoms with Gasteiger partial charge in [0, 0.05) is 6.42 Å². The molecule has 0 aromatic heterocycles. The van der Waals surface area contributed by atoms with Gasteiger partial charge in [-0.25, -0.2) is 8.78 Å². The van der Waals surface area contributed by atoms with E-state index >= 15 is 0 Å². The van der Waals surface area contributed by atoms with Crippen LogP contribution in [0.4, 0.5) is 8.78 Å². The van der Waals surface area contributed by atoms with Crippen molar-refractivity contribution in [3.63, 3.8) is 0 Å². The number of alkyl halides is 2. The molecule has 0 radical (unpaired) electrons. The predicted molar refractivity (Wildman–Crippen MR) is 87.0 cm³/mol. The summed E-state index contributed by atoms with van der Waals surface area (Å²) in [6.45, 7) is 0. The van der Waals surface area contributed by atoms with Crippen molar-refractivity contribution < 1.29 is 18.7 Å². The smallest absolute Gasteiger partial charge is 0.309 e. The Morgan fingerprint density at radius 1 is 1.12 bits per heavy atom. The number of halogens is 2. The van der Waals surface area contributed by atoms with Gasteiger partial charge in [-0.2, -0.15) is 0 Å². The first-order valence-corrected chi connectivity index (χ1v) is 9.01. The summed E-state index contributed by atoms with van der Waals surface area (Å²) in [5, 5.41) is 9.92. The van der Waals surface area contributed by atoms with E-state index in [0.717, 1.165) is 12.8 Å². The predicted octanol–water partition coefficient (Wildman–Crippen LogP) is 4.88. The third kappa shape index (κ3) is 2.37. The Morgan fingerprint density at radius 3 is 2.29 bits per heavy atom. The third-order valence-corrected chi connectivity index (χ3v) is 7.06. The highest BCUT2D eigenvalue weighted by molar-refractivity contribution is 5.76. The van der Waals surface area contributed by atoms with Gasteiger partial charge in [0.25, 0.3) is 0 Å². The number of hydrogen-bond donors (Lipinski definition) is 1. The van der Waals surface area contributed by atoms with E-state index in [9.17, 15) is 18.7 Å². The van der Waals surface area contributed by atoms with Crippen LogP contribution in [-0.4, -0.2) is 17.5 Å². The molecule has 4 aliphatic carbocycles. The molecule has 5 rings (SSSR count). The molecule has 4 bridgehead atoms. The van der Waals surface area contributed by atoms with Gasteiger partial charge in [-0.05, 0) is 67.3 Å². The van der Waals surface area contributed by atoms with E-state index in [1.807, 2.05) is 18.2 Å². The van der Waals surface area contributed by atoms with Gasteiger partial charge in [0.1, 0.15) is 0 Å². The van der Waals surface area contributed by atoms with E-state index in [-0.39, 0.29) is 29.6 Å². The van der Waals surface area contributed by atoms with Crippen LogP contribution in [0, 0.1) is 23.2 Å². The quantitative estimate of drug-likeness (QED) is 0.833. The average molecular weight is 334 g/mol. The topological polar surface area (TPSA) is 37.3 Å². The van der Waals surface area contributed by atoms with Crippen LogP contribution in [0.1, 0.15) is 50.5 Å². The lowest BCUT2D eigenvalue weighted by atomic mass is 9.40. The summed E-state index contributed by atoms with van der Waals surface area (Å²) < 4.78 is 25.4. The highest BCUT2D eigenvalue weighted by Crippen LogP contribution is 2.68. The number of hydrogen-bond acceptors (Lipinski definition) is 1. The SMILES string of the molecule is O=C(O)C12CC3CC(c4ccccc4)(CC(C1)C3CCC(F)F)C2. The Kier molecular flexibility index (Phi) is 3.70. The van der Waals surface area contributed by atoms with Crippen LogP contribution in [0.5, 0.6) is 0 Å². The van der Waals surface area contributed by atoms with Crippen LogP contribution >= 0.6 is 0 Å². The van der Waals surface area contributed by atoms with E-state index in [1.54, 1.807) is 0 Å². The fourth-order valence-corrected chi connectivity index (χ4v) is 6.41. The lowest BCUT2D eigenvalue weighted by Gasteiger charge is -2.64. The maximum absolute atomic E-state index is 12.7. The van der Waals surface area contributed by atoms with Gasteiger partial charge >= 0.3 is 5.97 Å². The second-order valence-electron chi connectivity index (χ2n) is 8.38. The number of aliphatic carboxylic acids is 1. The summed E-state index contributed by atoms with van der Waals surface area (Å²) in [4.78, 5) is 12.1. The summed E-state index contributed by atoms with van der Waals surface area (Å²) in [7, 11) is 0. The molecule has 1 aromatic rings. The molecule has 4 saturated carbocycles. The highest BCUT2D eigenvalue weighted by atomic mass is 19.3. The average Bonchev–Trinajstić information content (AvgIpc) is 2.54. The molecule has 1 N–H and O–H groups in total. The molecule has 4 aliphatic rings. The number of carboxylic acids is 1. The van der Waals surface area contributed by atoms with Crippen molar-refractivity contribution in [2.45, 2.75) is 56.8 Å². The van der Waals surface area contributed by atoms with Crippen LogP contribution in [0.25, 0.3) is 0 Å². The molecule has 4 heteroatoms. The molecule has 0 heterocycles. The zero-order chi connectivity index (χ0) is 16.9. The van der Waals surface area contributed by atoms with Crippen molar-refractivity contribution in [2.75, 3.05) is 0 Å². The van der Waals surface area contributed by atoms with Crippen molar-refractivity contribution in [3.8, 4) is 0 Å². The van der Waals surface area contributed by atoms with E-state index in [0.29, 0.717) is 25.7 Å². The molecule has 0 spiro atoms. The van der Waals surface area contributed by atoms with Gasteiger partial charge in [0.15, 0.2) is 0 Å². The molecule has 2 unspecified atom stereocenters. The van der Waals surface area contributed by atoms with E-state index in [4.69, 9.17) is 0 Å². The minimum absolute atomic E-state index is 0.0456. The largest absolute Gasteiger partial charge is 0.481 e. The zero-order valence-corrected chi connectivity index (χ0v) is 13.8. The summed E-state index contributed by atoms with van der Waals surface area (Å²) in [5.74, 6) is 0.163. The van der Waals surface area contributed by atoms with Gasteiger partial charge in [-0.15, -0.1) is 0 Å². The number of carbonyl (C=O) groups is 1. The number of rotatable bonds is 5.